The van der Waals surface area contributed by atoms with Gasteiger partial charge in [-0.15, -0.1) is 0 Å². The van der Waals surface area contributed by atoms with E-state index in [4.69, 9.17) is 9.47 Å². The molecule has 0 aliphatic carbocycles. The Bertz CT molecular complexity index is 1230. The first-order valence-electron chi connectivity index (χ1n) is 9.28. The van der Waals surface area contributed by atoms with Gasteiger partial charge in [-0.1, -0.05) is 34.1 Å². The average Bonchev–Trinajstić information content (AvgIpc) is 2.78. The number of nitrogens with one attached hydrogen (secondary N) is 1. The van der Waals surface area contributed by atoms with Gasteiger partial charge in [0, 0.05) is 16.6 Å². The van der Waals surface area contributed by atoms with E-state index in [1.54, 1.807) is 48.5 Å². The maximum absolute atomic E-state index is 12.3. The summed E-state index contributed by atoms with van der Waals surface area (Å²) >= 11 is 6.47. The van der Waals surface area contributed by atoms with Crippen molar-refractivity contribution in [3.05, 3.63) is 96.9 Å². The van der Waals surface area contributed by atoms with E-state index in [2.05, 4.69) is 42.4 Å². The molecule has 0 saturated heterocycles. The number of benzene rings is 3. The van der Waals surface area contributed by atoms with E-state index in [1.807, 2.05) is 0 Å². The van der Waals surface area contributed by atoms with Gasteiger partial charge in [0.25, 0.3) is 11.6 Å². The zero-order valence-electron chi connectivity index (χ0n) is 16.7. The fourth-order valence-electron chi connectivity index (χ4n) is 2.51. The molecule has 0 saturated carbocycles. The molecular formula is C22H15Br2N3O6. The average molecular weight is 577 g/mol. The Morgan fingerprint density at radius 2 is 1.85 bits per heavy atom. The zero-order valence-corrected chi connectivity index (χ0v) is 19.9. The van der Waals surface area contributed by atoms with Gasteiger partial charge < -0.3 is 9.47 Å². The van der Waals surface area contributed by atoms with Crippen molar-refractivity contribution < 1.29 is 24.0 Å². The monoisotopic (exact) mass is 575 g/mol. The first kappa shape index (κ1) is 24.1. The number of hydrazone groups is 1. The van der Waals surface area contributed by atoms with Crippen molar-refractivity contribution in [2.75, 3.05) is 6.61 Å². The van der Waals surface area contributed by atoms with Crippen LogP contribution in [0.5, 0.6) is 11.5 Å². The Morgan fingerprint density at radius 3 is 2.58 bits per heavy atom. The number of ether oxygens (including phenoxy) is 2. The van der Waals surface area contributed by atoms with Crippen molar-refractivity contribution in [2.24, 2.45) is 5.10 Å². The van der Waals surface area contributed by atoms with E-state index >= 15 is 0 Å². The second-order valence-corrected chi connectivity index (χ2v) is 8.20. The van der Waals surface area contributed by atoms with Gasteiger partial charge in [0.05, 0.1) is 21.2 Å². The summed E-state index contributed by atoms with van der Waals surface area (Å²) in [7, 11) is 0. The van der Waals surface area contributed by atoms with Crippen LogP contribution in [0.15, 0.2) is 80.8 Å². The molecule has 0 bridgehead atoms. The molecule has 0 spiro atoms. The molecule has 0 atom stereocenters. The predicted octanol–water partition coefficient (Wildman–Crippen LogP) is 4.87. The molecule has 0 aromatic heterocycles. The van der Waals surface area contributed by atoms with Crippen LogP contribution in [0.4, 0.5) is 5.69 Å². The summed E-state index contributed by atoms with van der Waals surface area (Å²) in [6.07, 6.45) is 1.39. The highest BCUT2D eigenvalue weighted by Crippen LogP contribution is 2.29. The minimum absolute atomic E-state index is 0.104. The maximum Gasteiger partial charge on any atom is 0.343 e. The van der Waals surface area contributed by atoms with Gasteiger partial charge in [0.1, 0.15) is 11.5 Å². The molecule has 11 heteroatoms. The molecule has 3 aromatic carbocycles. The van der Waals surface area contributed by atoms with Crippen LogP contribution in [-0.4, -0.2) is 29.6 Å². The summed E-state index contributed by atoms with van der Waals surface area (Å²) in [5.41, 5.74) is 3.20. The number of hydrogen-bond acceptors (Lipinski definition) is 7. The van der Waals surface area contributed by atoms with Gasteiger partial charge in [0.15, 0.2) is 6.61 Å². The molecule has 33 heavy (non-hydrogen) atoms. The molecule has 9 nitrogen and oxygen atoms in total. The largest absolute Gasteiger partial charge is 0.483 e. The molecular weight excluding hydrogens is 562 g/mol. The summed E-state index contributed by atoms with van der Waals surface area (Å²) < 4.78 is 11.8. The quantitative estimate of drug-likeness (QED) is 0.134. The third-order valence-corrected chi connectivity index (χ3v) is 5.13. The molecule has 0 heterocycles. The van der Waals surface area contributed by atoms with Crippen LogP contribution < -0.4 is 14.9 Å². The van der Waals surface area contributed by atoms with Gasteiger partial charge in [0.2, 0.25) is 0 Å². The van der Waals surface area contributed by atoms with E-state index < -0.39 is 16.8 Å². The number of nitro groups is 1. The lowest BCUT2D eigenvalue weighted by molar-refractivity contribution is -0.384. The molecule has 0 unspecified atom stereocenters. The fourth-order valence-corrected chi connectivity index (χ4v) is 3.39. The molecule has 1 amide bonds. The number of halogens is 2. The first-order valence-corrected chi connectivity index (χ1v) is 10.9. The molecule has 0 aliphatic heterocycles. The molecule has 1 N–H and O–H groups in total. The first-order chi connectivity index (χ1) is 15.8. The predicted molar refractivity (Wildman–Crippen MR) is 128 cm³/mol. The number of hydrogen-bond donors (Lipinski definition) is 1. The lowest BCUT2D eigenvalue weighted by Gasteiger charge is -2.07. The lowest BCUT2D eigenvalue weighted by Crippen LogP contribution is -2.24. The second-order valence-electron chi connectivity index (χ2n) is 6.43. The smallest absolute Gasteiger partial charge is 0.343 e. The van der Waals surface area contributed by atoms with E-state index in [-0.39, 0.29) is 18.0 Å². The zero-order chi connectivity index (χ0) is 23.8. The molecule has 0 aliphatic rings. The van der Waals surface area contributed by atoms with Crippen LogP contribution in [0.1, 0.15) is 15.9 Å². The lowest BCUT2D eigenvalue weighted by atomic mass is 10.2. The van der Waals surface area contributed by atoms with E-state index in [0.717, 1.165) is 4.47 Å². The number of non-ortho nitro benzene ring substituents is 1. The number of amides is 1. The highest BCUT2D eigenvalue weighted by atomic mass is 79.9. The van der Waals surface area contributed by atoms with E-state index in [9.17, 15) is 19.7 Å². The Morgan fingerprint density at radius 1 is 1.06 bits per heavy atom. The van der Waals surface area contributed by atoms with Gasteiger partial charge in [-0.2, -0.15) is 5.10 Å². The normalized spacial score (nSPS) is 10.6. The van der Waals surface area contributed by atoms with Crippen molar-refractivity contribution in [2.45, 2.75) is 0 Å². The van der Waals surface area contributed by atoms with Gasteiger partial charge >= 0.3 is 5.97 Å². The van der Waals surface area contributed by atoms with Crippen molar-refractivity contribution in [3.8, 4) is 11.5 Å². The SMILES string of the molecule is O=C(COc1ccc([N+](=O)[O-])cc1Br)NN=Cc1cccc(OC(=O)c2cccc(Br)c2)c1. The summed E-state index contributed by atoms with van der Waals surface area (Å²) in [5.74, 6) is -0.441. The van der Waals surface area contributed by atoms with Crippen molar-refractivity contribution >= 4 is 55.6 Å². The van der Waals surface area contributed by atoms with Crippen LogP contribution in [0.25, 0.3) is 0 Å². The molecule has 3 aromatic rings. The Hall–Kier alpha value is -3.57. The highest BCUT2D eigenvalue weighted by molar-refractivity contribution is 9.10. The number of nitro benzene ring substituents is 1. The number of esters is 1. The summed E-state index contributed by atoms with van der Waals surface area (Å²) in [6.45, 7) is -0.349. The number of carbonyl (C=O) groups excluding carboxylic acids is 2. The number of rotatable bonds is 8. The van der Waals surface area contributed by atoms with Gasteiger partial charge in [-0.25, -0.2) is 10.2 Å². The standard InChI is InChI=1S/C22H15Br2N3O6/c23-16-5-2-4-15(10-16)22(29)33-18-6-1-3-14(9-18)12-25-26-21(28)13-32-20-8-7-17(27(30)31)11-19(20)24/h1-12H,13H2,(H,26,28). The fraction of sp³-hybridized carbons (Fsp3) is 0.0455. The number of nitrogens with zero attached hydrogens (tertiary/aromatic N) is 2. The highest BCUT2D eigenvalue weighted by Gasteiger charge is 2.11. The van der Waals surface area contributed by atoms with Gasteiger partial charge in [-0.05, 0) is 57.9 Å². The van der Waals surface area contributed by atoms with Crippen molar-refractivity contribution in [1.29, 1.82) is 0 Å². The van der Waals surface area contributed by atoms with Crippen LogP contribution in [0.2, 0.25) is 0 Å². The third-order valence-electron chi connectivity index (χ3n) is 4.02. The van der Waals surface area contributed by atoms with Crippen LogP contribution in [0, 0.1) is 10.1 Å². The van der Waals surface area contributed by atoms with E-state index in [1.165, 1.54) is 24.4 Å². The number of carbonyl (C=O) groups is 2. The van der Waals surface area contributed by atoms with Crippen LogP contribution >= 0.6 is 31.9 Å². The van der Waals surface area contributed by atoms with Crippen LogP contribution in [-0.2, 0) is 4.79 Å². The van der Waals surface area contributed by atoms with Crippen LogP contribution in [0.3, 0.4) is 0 Å². The molecule has 0 radical (unpaired) electrons. The third kappa shape index (κ3) is 7.22. The Kier molecular flexibility index (Phi) is 8.28. The Labute approximate surface area is 204 Å². The van der Waals surface area contributed by atoms with Crippen molar-refractivity contribution in [3.63, 3.8) is 0 Å². The maximum atomic E-state index is 12.3. The second kappa shape index (κ2) is 11.3. The molecule has 3 rings (SSSR count). The molecule has 168 valence electrons. The molecule has 0 fully saturated rings. The van der Waals surface area contributed by atoms with Gasteiger partial charge in [-0.3, -0.25) is 14.9 Å². The van der Waals surface area contributed by atoms with Crippen molar-refractivity contribution in [1.82, 2.24) is 5.43 Å². The summed E-state index contributed by atoms with van der Waals surface area (Å²) in [6, 6.07) is 17.4. The minimum Gasteiger partial charge on any atom is -0.483 e. The summed E-state index contributed by atoms with van der Waals surface area (Å²) in [5, 5.41) is 14.6. The summed E-state index contributed by atoms with van der Waals surface area (Å²) in [4.78, 5) is 34.4. The minimum atomic E-state index is -0.535. The van der Waals surface area contributed by atoms with E-state index in [0.29, 0.717) is 21.3 Å². The Balaban J connectivity index is 1.52. The topological polar surface area (TPSA) is 120 Å².